The van der Waals surface area contributed by atoms with Gasteiger partial charge >= 0.3 is 0 Å². The lowest BCUT2D eigenvalue weighted by Crippen LogP contribution is -2.38. The molecule has 1 saturated heterocycles. The molecule has 0 radical (unpaired) electrons. The number of rotatable bonds is 7. The molecule has 2 heterocycles. The number of nitrogens with zero attached hydrogens (tertiary/aromatic N) is 2. The monoisotopic (exact) mass is 468 g/mol. The molecule has 4 rings (SSSR count). The van der Waals surface area contributed by atoms with Crippen LogP contribution in [0.4, 0.5) is 11.6 Å². The largest absolute Gasteiger partial charge is 0.470 e. The molecule has 0 unspecified atom stereocenters. The summed E-state index contributed by atoms with van der Waals surface area (Å²) in [6.45, 7) is 1.12. The molecule has 31 heavy (non-hydrogen) atoms. The molecule has 2 fully saturated rings. The molecule has 11 heteroatoms. The van der Waals surface area contributed by atoms with Gasteiger partial charge in [-0.15, -0.1) is 0 Å². The Bertz CT molecular complexity index is 999. The molecule has 1 aliphatic carbocycles. The molecule has 3 N–H and O–H groups in total. The Kier molecular flexibility index (Phi) is 6.92. The zero-order valence-electron chi connectivity index (χ0n) is 16.8. The number of nitrogens with one attached hydrogen (secondary N) is 2. The number of hydrogen-bond acceptors (Lipinski definition) is 8. The zero-order valence-corrected chi connectivity index (χ0v) is 18.4. The Hall–Kier alpha value is -1.98. The smallest absolute Gasteiger partial charge is 0.240 e. The number of ether oxygens (including phenoxy) is 2. The minimum atomic E-state index is -3.61. The number of anilines is 2. The summed E-state index contributed by atoms with van der Waals surface area (Å²) >= 11 is 6.14. The molecule has 0 bridgehead atoms. The van der Waals surface area contributed by atoms with Crippen molar-refractivity contribution < 1.29 is 23.0 Å². The molecule has 2 aliphatic rings. The van der Waals surface area contributed by atoms with Crippen molar-refractivity contribution in [1.29, 1.82) is 0 Å². The van der Waals surface area contributed by atoms with E-state index >= 15 is 0 Å². The number of hydrogen-bond donors (Lipinski definition) is 3. The van der Waals surface area contributed by atoms with Crippen molar-refractivity contribution in [2.24, 2.45) is 0 Å². The third-order valence-corrected chi connectivity index (χ3v) is 7.15. The highest BCUT2D eigenvalue weighted by Gasteiger charge is 2.28. The second-order valence-corrected chi connectivity index (χ2v) is 9.78. The van der Waals surface area contributed by atoms with Crippen molar-refractivity contribution in [1.82, 2.24) is 14.7 Å². The van der Waals surface area contributed by atoms with Gasteiger partial charge in [0.1, 0.15) is 11.1 Å². The zero-order chi connectivity index (χ0) is 21.8. The average molecular weight is 469 g/mol. The van der Waals surface area contributed by atoms with Gasteiger partial charge in [-0.25, -0.2) is 18.1 Å². The predicted octanol–water partition coefficient (Wildman–Crippen LogP) is 2.62. The van der Waals surface area contributed by atoms with E-state index in [1.54, 1.807) is 12.1 Å². The number of halogens is 1. The maximum atomic E-state index is 12.6. The summed E-state index contributed by atoms with van der Waals surface area (Å²) in [5.74, 6) is 0.452. The van der Waals surface area contributed by atoms with Gasteiger partial charge in [0.05, 0.1) is 17.2 Å². The Balaban J connectivity index is 1.42. The SMILES string of the molecule is O=S(=O)(NC1CCOCC1)c1ccc(Nc2ncc(Cl)c(O[C@@H]3CCC[C@@H]3O)n2)cc1. The number of aliphatic hydroxyl groups excluding tert-OH is 1. The molecular weight excluding hydrogens is 444 g/mol. The predicted molar refractivity (Wildman–Crippen MR) is 115 cm³/mol. The summed E-state index contributed by atoms with van der Waals surface area (Å²) in [5, 5.41) is 13.2. The molecule has 168 valence electrons. The Morgan fingerprint density at radius 3 is 2.55 bits per heavy atom. The van der Waals surface area contributed by atoms with E-state index in [-0.39, 0.29) is 33.9 Å². The molecule has 2 atom stereocenters. The topological polar surface area (TPSA) is 123 Å². The highest BCUT2D eigenvalue weighted by atomic mass is 35.5. The Labute approximate surface area is 186 Å². The number of aliphatic hydroxyl groups is 1. The second-order valence-electron chi connectivity index (χ2n) is 7.66. The van der Waals surface area contributed by atoms with Gasteiger partial charge in [-0.1, -0.05) is 11.6 Å². The molecule has 2 aromatic rings. The fourth-order valence-electron chi connectivity index (χ4n) is 3.63. The van der Waals surface area contributed by atoms with Gasteiger partial charge in [0.2, 0.25) is 21.9 Å². The molecule has 1 aliphatic heterocycles. The van der Waals surface area contributed by atoms with Crippen molar-refractivity contribution >= 4 is 33.3 Å². The summed E-state index contributed by atoms with van der Waals surface area (Å²) in [7, 11) is -3.61. The Morgan fingerprint density at radius 2 is 1.87 bits per heavy atom. The standard InChI is InChI=1S/C20H25ClN4O5S/c21-16-12-22-20(24-19(16)30-18-3-1-2-17(18)26)23-13-4-6-15(7-5-13)31(27,28)25-14-8-10-29-11-9-14/h4-7,12,14,17-18,25-26H,1-3,8-11H2,(H,22,23,24)/t17-,18+/m0/s1. The van der Waals surface area contributed by atoms with Crippen LogP contribution >= 0.6 is 11.6 Å². The maximum absolute atomic E-state index is 12.6. The second kappa shape index (κ2) is 9.66. The lowest BCUT2D eigenvalue weighted by Gasteiger charge is -2.23. The van der Waals surface area contributed by atoms with Crippen LogP contribution in [0.5, 0.6) is 5.88 Å². The lowest BCUT2D eigenvalue weighted by atomic mass is 10.1. The van der Waals surface area contributed by atoms with Crippen molar-refractivity contribution in [3.63, 3.8) is 0 Å². The molecular formula is C20H25ClN4O5S. The van der Waals surface area contributed by atoms with E-state index in [2.05, 4.69) is 20.0 Å². The van der Waals surface area contributed by atoms with E-state index in [1.165, 1.54) is 18.3 Å². The van der Waals surface area contributed by atoms with Crippen LogP contribution in [0.1, 0.15) is 32.1 Å². The first-order valence-corrected chi connectivity index (χ1v) is 12.1. The average Bonchev–Trinajstić information content (AvgIpc) is 3.16. The van der Waals surface area contributed by atoms with E-state index in [9.17, 15) is 13.5 Å². The van der Waals surface area contributed by atoms with E-state index in [0.29, 0.717) is 38.2 Å². The van der Waals surface area contributed by atoms with Crippen molar-refractivity contribution in [3.8, 4) is 5.88 Å². The molecule has 0 spiro atoms. The lowest BCUT2D eigenvalue weighted by molar-refractivity contribution is 0.0575. The van der Waals surface area contributed by atoms with Gasteiger partial charge in [-0.3, -0.25) is 0 Å². The molecule has 9 nitrogen and oxygen atoms in total. The quantitative estimate of drug-likeness (QED) is 0.566. The first kappa shape index (κ1) is 22.2. The highest BCUT2D eigenvalue weighted by Crippen LogP contribution is 2.29. The number of benzene rings is 1. The van der Waals surface area contributed by atoms with Crippen LogP contribution in [0, 0.1) is 0 Å². The summed E-state index contributed by atoms with van der Waals surface area (Å²) in [5.41, 5.74) is 0.610. The van der Waals surface area contributed by atoms with Crippen molar-refractivity contribution in [2.45, 2.75) is 55.2 Å². The first-order valence-electron chi connectivity index (χ1n) is 10.3. The van der Waals surface area contributed by atoms with Gasteiger partial charge < -0.3 is 19.9 Å². The van der Waals surface area contributed by atoms with Gasteiger partial charge in [-0.2, -0.15) is 4.98 Å². The van der Waals surface area contributed by atoms with Crippen LogP contribution in [0.15, 0.2) is 35.4 Å². The van der Waals surface area contributed by atoms with Crippen LogP contribution in [0.2, 0.25) is 5.02 Å². The third-order valence-electron chi connectivity index (χ3n) is 5.36. The van der Waals surface area contributed by atoms with Crippen LogP contribution in [-0.2, 0) is 14.8 Å². The summed E-state index contributed by atoms with van der Waals surface area (Å²) in [6.07, 6.45) is 4.19. The summed E-state index contributed by atoms with van der Waals surface area (Å²) in [4.78, 5) is 8.60. The van der Waals surface area contributed by atoms with Gasteiger partial charge in [-0.05, 0) is 56.4 Å². The highest BCUT2D eigenvalue weighted by molar-refractivity contribution is 7.89. The minimum Gasteiger partial charge on any atom is -0.470 e. The number of aromatic nitrogens is 2. The number of sulfonamides is 1. The molecule has 1 saturated carbocycles. The summed E-state index contributed by atoms with van der Waals surface area (Å²) < 4.78 is 38.9. The maximum Gasteiger partial charge on any atom is 0.240 e. The van der Waals surface area contributed by atoms with E-state index in [4.69, 9.17) is 21.1 Å². The van der Waals surface area contributed by atoms with Crippen LogP contribution < -0.4 is 14.8 Å². The Morgan fingerprint density at radius 1 is 1.13 bits per heavy atom. The van der Waals surface area contributed by atoms with Crippen LogP contribution in [-0.4, -0.2) is 55.0 Å². The van der Waals surface area contributed by atoms with Gasteiger partial charge in [0.15, 0.2) is 0 Å². The fraction of sp³-hybridized carbons (Fsp3) is 0.500. The third kappa shape index (κ3) is 5.64. The van der Waals surface area contributed by atoms with E-state index in [0.717, 1.165) is 12.8 Å². The normalized spacial score (nSPS) is 22.4. The molecule has 1 aromatic carbocycles. The van der Waals surface area contributed by atoms with Crippen molar-refractivity contribution in [3.05, 3.63) is 35.5 Å². The van der Waals surface area contributed by atoms with Gasteiger partial charge in [0, 0.05) is 24.9 Å². The van der Waals surface area contributed by atoms with Crippen molar-refractivity contribution in [2.75, 3.05) is 18.5 Å². The molecule has 0 amide bonds. The van der Waals surface area contributed by atoms with E-state index < -0.39 is 16.1 Å². The molecule has 1 aromatic heterocycles. The van der Waals surface area contributed by atoms with E-state index in [1.807, 2.05) is 0 Å². The summed E-state index contributed by atoms with van der Waals surface area (Å²) in [6, 6.07) is 6.20. The fourth-order valence-corrected chi connectivity index (χ4v) is 5.07. The van der Waals surface area contributed by atoms with Gasteiger partial charge in [0.25, 0.3) is 0 Å². The van der Waals surface area contributed by atoms with Crippen LogP contribution in [0.25, 0.3) is 0 Å². The first-order chi connectivity index (χ1) is 14.9. The van der Waals surface area contributed by atoms with Crippen LogP contribution in [0.3, 0.4) is 0 Å². The minimum absolute atomic E-state index is 0.115.